The smallest absolute Gasteiger partial charge is 0.273 e. The number of benzene rings is 1. The van der Waals surface area contributed by atoms with Gasteiger partial charge in [0.1, 0.15) is 16.4 Å². The topological polar surface area (TPSA) is 89.2 Å². The number of anilines is 1. The number of carbonyl (C=O) groups is 1. The molecule has 8 nitrogen and oxygen atoms in total. The Hall–Kier alpha value is -2.91. The summed E-state index contributed by atoms with van der Waals surface area (Å²) >= 11 is 0. The minimum absolute atomic E-state index is 0.0821. The number of amides is 1. The minimum Gasteiger partial charge on any atom is -0.345 e. The summed E-state index contributed by atoms with van der Waals surface area (Å²) in [6, 6.07) is 11.6. The number of nitrogens with zero attached hydrogens (tertiary/aromatic N) is 4. The second-order valence-corrected chi connectivity index (χ2v) is 11.8. The zero-order chi connectivity index (χ0) is 24.5. The summed E-state index contributed by atoms with van der Waals surface area (Å²) in [4.78, 5) is 13.2. The third-order valence-electron chi connectivity index (χ3n) is 6.28. The quantitative estimate of drug-likeness (QED) is 0.574. The Balaban J connectivity index is 1.49. The lowest BCUT2D eigenvalue weighted by molar-refractivity contribution is 0.101. The zero-order valence-corrected chi connectivity index (χ0v) is 21.1. The van der Waals surface area contributed by atoms with Gasteiger partial charge in [-0.25, -0.2) is 13.1 Å². The summed E-state index contributed by atoms with van der Waals surface area (Å²) in [5.41, 5.74) is 2.68. The summed E-state index contributed by atoms with van der Waals surface area (Å²) in [5, 5.41) is 7.23. The molecular weight excluding hydrogens is 450 g/mol. The Labute approximate surface area is 201 Å². The van der Waals surface area contributed by atoms with Gasteiger partial charge in [-0.2, -0.15) is 9.40 Å². The van der Waals surface area contributed by atoms with E-state index >= 15 is 0 Å². The zero-order valence-electron chi connectivity index (χ0n) is 20.3. The molecule has 4 rings (SSSR count). The highest BCUT2D eigenvalue weighted by molar-refractivity contribution is 7.89. The van der Waals surface area contributed by atoms with Crippen LogP contribution in [0.15, 0.2) is 53.7 Å². The van der Waals surface area contributed by atoms with Crippen LogP contribution < -0.4 is 5.32 Å². The average molecular weight is 484 g/mol. The molecule has 2 aromatic heterocycles. The maximum Gasteiger partial charge on any atom is 0.273 e. The normalized spacial score (nSPS) is 15.4. The van der Waals surface area contributed by atoms with Crippen molar-refractivity contribution in [2.45, 2.75) is 56.9 Å². The van der Waals surface area contributed by atoms with E-state index < -0.39 is 10.0 Å². The van der Waals surface area contributed by atoms with E-state index in [-0.39, 0.29) is 21.9 Å². The van der Waals surface area contributed by atoms with Gasteiger partial charge in [-0.15, -0.1) is 0 Å². The first-order valence-electron chi connectivity index (χ1n) is 11.6. The molecule has 0 spiro atoms. The highest BCUT2D eigenvalue weighted by Crippen LogP contribution is 2.24. The van der Waals surface area contributed by atoms with E-state index in [1.165, 1.54) is 22.1 Å². The molecule has 0 aliphatic carbocycles. The first-order valence-corrected chi connectivity index (χ1v) is 13.1. The molecule has 1 aliphatic rings. The van der Waals surface area contributed by atoms with Crippen molar-refractivity contribution in [3.63, 3.8) is 0 Å². The molecule has 1 fully saturated rings. The van der Waals surface area contributed by atoms with Crippen LogP contribution in [-0.4, -0.2) is 46.1 Å². The maximum absolute atomic E-state index is 13.0. The Kier molecular flexibility index (Phi) is 6.69. The van der Waals surface area contributed by atoms with Gasteiger partial charge in [0.25, 0.3) is 5.91 Å². The molecule has 0 unspecified atom stereocenters. The second-order valence-electron chi connectivity index (χ2n) is 9.91. The van der Waals surface area contributed by atoms with Crippen molar-refractivity contribution in [3.8, 4) is 0 Å². The lowest BCUT2D eigenvalue weighted by Gasteiger charge is -2.25. The van der Waals surface area contributed by atoms with Crippen LogP contribution in [0.5, 0.6) is 0 Å². The van der Waals surface area contributed by atoms with Crippen molar-refractivity contribution < 1.29 is 13.2 Å². The SMILES string of the molecule is Cn1cc(S(=O)(=O)N2CCCCC2)cc1C(=O)Nc1ccnn1Cc1ccc(C(C)(C)C)cc1. The predicted octanol–water partition coefficient (Wildman–Crippen LogP) is 3.99. The molecule has 9 heteroatoms. The van der Waals surface area contributed by atoms with Gasteiger partial charge in [-0.3, -0.25) is 4.79 Å². The van der Waals surface area contributed by atoms with Crippen LogP contribution in [0.4, 0.5) is 5.82 Å². The van der Waals surface area contributed by atoms with Gasteiger partial charge in [0, 0.05) is 32.4 Å². The molecule has 3 heterocycles. The van der Waals surface area contributed by atoms with Gasteiger partial charge < -0.3 is 9.88 Å². The predicted molar refractivity (Wildman–Crippen MR) is 132 cm³/mol. The number of aromatic nitrogens is 3. The fourth-order valence-corrected chi connectivity index (χ4v) is 5.77. The largest absolute Gasteiger partial charge is 0.345 e. The van der Waals surface area contributed by atoms with E-state index in [4.69, 9.17) is 0 Å². The van der Waals surface area contributed by atoms with Crippen molar-refractivity contribution in [2.75, 3.05) is 18.4 Å². The number of sulfonamides is 1. The number of piperidine rings is 1. The third kappa shape index (κ3) is 5.10. The molecule has 1 saturated heterocycles. The number of aryl methyl sites for hydroxylation is 1. The van der Waals surface area contributed by atoms with Crippen molar-refractivity contribution >= 4 is 21.7 Å². The molecular formula is C25H33N5O3S. The van der Waals surface area contributed by atoms with E-state index in [9.17, 15) is 13.2 Å². The standard InChI is InChI=1S/C25H33N5O3S/c1-25(2,3)20-10-8-19(9-11-20)17-30-23(12-13-26-30)27-24(31)22-16-21(18-28(22)4)34(32,33)29-14-6-5-7-15-29/h8-13,16,18H,5-7,14-15,17H2,1-4H3,(H,27,31). The summed E-state index contributed by atoms with van der Waals surface area (Å²) in [6.07, 6.45) is 5.91. The molecule has 182 valence electrons. The summed E-state index contributed by atoms with van der Waals surface area (Å²) in [5.74, 6) is 0.166. The van der Waals surface area contributed by atoms with Gasteiger partial charge in [-0.05, 0) is 35.4 Å². The number of hydrogen-bond acceptors (Lipinski definition) is 4. The van der Waals surface area contributed by atoms with Crippen LogP contribution in [0.25, 0.3) is 0 Å². The van der Waals surface area contributed by atoms with Crippen LogP contribution in [0, 0.1) is 0 Å². The lowest BCUT2D eigenvalue weighted by Crippen LogP contribution is -2.35. The van der Waals surface area contributed by atoms with E-state index in [1.807, 2.05) is 0 Å². The molecule has 1 aromatic carbocycles. The van der Waals surface area contributed by atoms with Crippen LogP contribution >= 0.6 is 0 Å². The third-order valence-corrected chi connectivity index (χ3v) is 8.14. The molecule has 1 aliphatic heterocycles. The summed E-state index contributed by atoms with van der Waals surface area (Å²) in [7, 11) is -1.93. The van der Waals surface area contributed by atoms with Gasteiger partial charge in [0.15, 0.2) is 0 Å². The molecule has 0 radical (unpaired) electrons. The van der Waals surface area contributed by atoms with Gasteiger partial charge in [0.2, 0.25) is 10.0 Å². The number of hydrogen-bond donors (Lipinski definition) is 1. The van der Waals surface area contributed by atoms with E-state index in [1.54, 1.807) is 28.6 Å². The van der Waals surface area contributed by atoms with Crippen LogP contribution in [0.2, 0.25) is 0 Å². The first kappa shape index (κ1) is 24.2. The highest BCUT2D eigenvalue weighted by atomic mass is 32.2. The molecule has 34 heavy (non-hydrogen) atoms. The Morgan fingerprint density at radius 1 is 1.06 bits per heavy atom. The number of rotatable bonds is 6. The first-order chi connectivity index (χ1) is 16.1. The van der Waals surface area contributed by atoms with E-state index in [0.717, 1.165) is 24.8 Å². The lowest BCUT2D eigenvalue weighted by atomic mass is 9.87. The Bertz CT molecular complexity index is 1260. The van der Waals surface area contributed by atoms with Crippen molar-refractivity contribution in [3.05, 3.63) is 65.6 Å². The van der Waals surface area contributed by atoms with E-state index in [0.29, 0.717) is 25.5 Å². The number of nitrogens with one attached hydrogen (secondary N) is 1. The molecule has 0 atom stereocenters. The minimum atomic E-state index is -3.61. The van der Waals surface area contributed by atoms with Gasteiger partial charge in [0.05, 0.1) is 12.7 Å². The molecule has 3 aromatic rings. The van der Waals surface area contributed by atoms with Gasteiger partial charge in [-0.1, -0.05) is 51.5 Å². The average Bonchev–Trinajstić information content (AvgIpc) is 3.40. The van der Waals surface area contributed by atoms with Crippen molar-refractivity contribution in [2.24, 2.45) is 7.05 Å². The van der Waals surface area contributed by atoms with Crippen molar-refractivity contribution in [1.29, 1.82) is 0 Å². The van der Waals surface area contributed by atoms with E-state index in [2.05, 4.69) is 55.5 Å². The Morgan fingerprint density at radius 2 is 1.74 bits per heavy atom. The number of carbonyl (C=O) groups excluding carboxylic acids is 1. The Morgan fingerprint density at radius 3 is 2.38 bits per heavy atom. The highest BCUT2D eigenvalue weighted by Gasteiger charge is 2.28. The van der Waals surface area contributed by atoms with Gasteiger partial charge >= 0.3 is 0 Å². The van der Waals surface area contributed by atoms with Crippen LogP contribution in [0.1, 0.15) is 61.6 Å². The maximum atomic E-state index is 13.0. The fourth-order valence-electron chi connectivity index (χ4n) is 4.18. The fraction of sp³-hybridized carbons (Fsp3) is 0.440. The molecule has 0 bridgehead atoms. The van der Waals surface area contributed by atoms with Crippen LogP contribution in [0.3, 0.4) is 0 Å². The second kappa shape index (κ2) is 9.38. The molecule has 1 amide bonds. The summed E-state index contributed by atoms with van der Waals surface area (Å²) < 4.78 is 30.8. The monoisotopic (exact) mass is 483 g/mol. The van der Waals surface area contributed by atoms with Crippen LogP contribution in [-0.2, 0) is 29.0 Å². The van der Waals surface area contributed by atoms with Crippen molar-refractivity contribution in [1.82, 2.24) is 18.7 Å². The molecule has 1 N–H and O–H groups in total. The molecule has 0 saturated carbocycles. The summed E-state index contributed by atoms with van der Waals surface area (Å²) in [6.45, 7) is 8.08.